The van der Waals surface area contributed by atoms with Gasteiger partial charge in [-0.2, -0.15) is 0 Å². The smallest absolute Gasteiger partial charge is 0.167 e. The first-order valence-corrected chi connectivity index (χ1v) is 7.23. The minimum atomic E-state index is 0.181. The molecule has 0 saturated heterocycles. The number of hydrogen-bond acceptors (Lipinski definition) is 1. The SMILES string of the molecule is Cc1ccccc1CC(=O)c1ccc(C)c2ccccc12. The summed E-state index contributed by atoms with van der Waals surface area (Å²) in [5.41, 5.74) is 4.30. The molecule has 0 aliphatic rings. The summed E-state index contributed by atoms with van der Waals surface area (Å²) >= 11 is 0. The Morgan fingerprint density at radius 1 is 0.762 bits per heavy atom. The summed E-state index contributed by atoms with van der Waals surface area (Å²) in [6, 6.07) is 20.2. The molecule has 1 heteroatoms. The zero-order chi connectivity index (χ0) is 14.8. The maximum atomic E-state index is 12.7. The molecule has 1 nitrogen and oxygen atoms in total. The maximum absolute atomic E-state index is 12.7. The predicted molar refractivity (Wildman–Crippen MR) is 87.9 cm³/mol. The van der Waals surface area contributed by atoms with Crippen LogP contribution >= 0.6 is 0 Å². The van der Waals surface area contributed by atoms with Crippen LogP contribution in [0.4, 0.5) is 0 Å². The fourth-order valence-corrected chi connectivity index (χ4v) is 2.77. The van der Waals surface area contributed by atoms with Gasteiger partial charge < -0.3 is 0 Å². The number of Topliss-reactive ketones (excluding diaryl/α,β-unsaturated/α-hetero) is 1. The maximum Gasteiger partial charge on any atom is 0.167 e. The molecule has 0 spiro atoms. The van der Waals surface area contributed by atoms with E-state index in [1.54, 1.807) is 0 Å². The van der Waals surface area contributed by atoms with E-state index in [0.29, 0.717) is 6.42 Å². The summed E-state index contributed by atoms with van der Waals surface area (Å²) in [5.74, 6) is 0.181. The van der Waals surface area contributed by atoms with Crippen molar-refractivity contribution in [3.8, 4) is 0 Å². The Morgan fingerprint density at radius 3 is 2.19 bits per heavy atom. The monoisotopic (exact) mass is 274 g/mol. The molecule has 0 N–H and O–H groups in total. The quantitative estimate of drug-likeness (QED) is 0.622. The van der Waals surface area contributed by atoms with Crippen molar-refractivity contribution in [2.24, 2.45) is 0 Å². The second-order valence-electron chi connectivity index (χ2n) is 5.50. The fourth-order valence-electron chi connectivity index (χ4n) is 2.77. The zero-order valence-electron chi connectivity index (χ0n) is 12.4. The third-order valence-corrected chi connectivity index (χ3v) is 4.05. The second kappa shape index (κ2) is 5.53. The average molecular weight is 274 g/mol. The highest BCUT2D eigenvalue weighted by molar-refractivity contribution is 6.09. The Bertz CT molecular complexity index is 815. The molecular weight excluding hydrogens is 256 g/mol. The molecule has 0 atom stereocenters. The predicted octanol–water partition coefficient (Wildman–Crippen LogP) is 4.88. The Morgan fingerprint density at radius 2 is 1.43 bits per heavy atom. The van der Waals surface area contributed by atoms with Crippen molar-refractivity contribution in [3.63, 3.8) is 0 Å². The van der Waals surface area contributed by atoms with E-state index < -0.39 is 0 Å². The minimum Gasteiger partial charge on any atom is -0.294 e. The molecule has 0 amide bonds. The first-order valence-electron chi connectivity index (χ1n) is 7.23. The van der Waals surface area contributed by atoms with Crippen LogP contribution in [0.25, 0.3) is 10.8 Å². The lowest BCUT2D eigenvalue weighted by Gasteiger charge is -2.09. The van der Waals surface area contributed by atoms with Crippen LogP contribution in [0.3, 0.4) is 0 Å². The van der Waals surface area contributed by atoms with Gasteiger partial charge in [0, 0.05) is 12.0 Å². The fraction of sp³-hybridized carbons (Fsp3) is 0.150. The van der Waals surface area contributed by atoms with E-state index in [1.165, 1.54) is 11.1 Å². The van der Waals surface area contributed by atoms with Crippen LogP contribution in [-0.2, 0) is 6.42 Å². The van der Waals surface area contributed by atoms with Gasteiger partial charge in [-0.25, -0.2) is 0 Å². The molecule has 0 unspecified atom stereocenters. The van der Waals surface area contributed by atoms with E-state index in [0.717, 1.165) is 21.9 Å². The molecular formula is C20H18O. The van der Waals surface area contributed by atoms with Gasteiger partial charge in [0.1, 0.15) is 0 Å². The molecule has 0 fully saturated rings. The summed E-state index contributed by atoms with van der Waals surface area (Å²) in [6.45, 7) is 4.13. The van der Waals surface area contributed by atoms with E-state index in [4.69, 9.17) is 0 Å². The minimum absolute atomic E-state index is 0.181. The number of benzene rings is 3. The lowest BCUT2D eigenvalue weighted by atomic mass is 9.94. The Hall–Kier alpha value is -2.41. The van der Waals surface area contributed by atoms with Gasteiger partial charge in [-0.05, 0) is 41.3 Å². The second-order valence-corrected chi connectivity index (χ2v) is 5.50. The van der Waals surface area contributed by atoms with Crippen LogP contribution in [0.1, 0.15) is 27.0 Å². The summed E-state index contributed by atoms with van der Waals surface area (Å²) in [5, 5.41) is 2.21. The van der Waals surface area contributed by atoms with Crippen molar-refractivity contribution in [1.29, 1.82) is 0 Å². The molecule has 3 aromatic carbocycles. The van der Waals surface area contributed by atoms with Gasteiger partial charge in [0.2, 0.25) is 0 Å². The number of hydrogen-bond donors (Lipinski definition) is 0. The van der Waals surface area contributed by atoms with Gasteiger partial charge in [-0.3, -0.25) is 4.79 Å². The number of ketones is 1. The van der Waals surface area contributed by atoms with Crippen molar-refractivity contribution in [3.05, 3.63) is 82.9 Å². The van der Waals surface area contributed by atoms with Gasteiger partial charge in [-0.15, -0.1) is 0 Å². The van der Waals surface area contributed by atoms with Crippen LogP contribution in [0.15, 0.2) is 60.7 Å². The third kappa shape index (κ3) is 2.59. The average Bonchev–Trinajstić information content (AvgIpc) is 2.50. The van der Waals surface area contributed by atoms with Crippen molar-refractivity contribution in [1.82, 2.24) is 0 Å². The topological polar surface area (TPSA) is 17.1 Å². The molecule has 0 aromatic heterocycles. The van der Waals surface area contributed by atoms with Gasteiger partial charge in [0.05, 0.1) is 0 Å². The highest BCUT2D eigenvalue weighted by atomic mass is 16.1. The number of fused-ring (bicyclic) bond motifs is 1. The molecule has 0 radical (unpaired) electrons. The standard InChI is InChI=1S/C20H18O/c1-14-7-3-4-8-16(14)13-20(21)19-12-11-15(2)17-9-5-6-10-18(17)19/h3-12H,13H2,1-2H3. The van der Waals surface area contributed by atoms with E-state index in [1.807, 2.05) is 48.5 Å². The van der Waals surface area contributed by atoms with E-state index in [2.05, 4.69) is 26.0 Å². The normalized spacial score (nSPS) is 10.8. The van der Waals surface area contributed by atoms with Crippen LogP contribution in [0.5, 0.6) is 0 Å². The lowest BCUT2D eigenvalue weighted by molar-refractivity contribution is 0.0994. The highest BCUT2D eigenvalue weighted by Crippen LogP contribution is 2.24. The van der Waals surface area contributed by atoms with E-state index >= 15 is 0 Å². The summed E-state index contributed by atoms with van der Waals surface area (Å²) < 4.78 is 0. The molecule has 3 rings (SSSR count). The summed E-state index contributed by atoms with van der Waals surface area (Å²) in [4.78, 5) is 12.7. The lowest BCUT2D eigenvalue weighted by Crippen LogP contribution is -2.06. The number of carbonyl (C=O) groups is 1. The van der Waals surface area contributed by atoms with Gasteiger partial charge in [-0.1, -0.05) is 60.7 Å². The van der Waals surface area contributed by atoms with Crippen molar-refractivity contribution >= 4 is 16.6 Å². The molecule has 0 heterocycles. The highest BCUT2D eigenvalue weighted by Gasteiger charge is 2.12. The molecule has 21 heavy (non-hydrogen) atoms. The van der Waals surface area contributed by atoms with Crippen LogP contribution < -0.4 is 0 Å². The largest absolute Gasteiger partial charge is 0.294 e. The molecule has 0 aliphatic heterocycles. The zero-order valence-corrected chi connectivity index (χ0v) is 12.4. The molecule has 104 valence electrons. The van der Waals surface area contributed by atoms with Crippen molar-refractivity contribution in [2.75, 3.05) is 0 Å². The molecule has 0 saturated carbocycles. The number of rotatable bonds is 3. The van der Waals surface area contributed by atoms with Crippen molar-refractivity contribution < 1.29 is 4.79 Å². The van der Waals surface area contributed by atoms with E-state index in [-0.39, 0.29) is 5.78 Å². The Balaban J connectivity index is 2.03. The van der Waals surface area contributed by atoms with Crippen LogP contribution in [-0.4, -0.2) is 5.78 Å². The summed E-state index contributed by atoms with van der Waals surface area (Å²) in [6.07, 6.45) is 0.458. The molecule has 3 aromatic rings. The van der Waals surface area contributed by atoms with E-state index in [9.17, 15) is 4.79 Å². The number of aryl methyl sites for hydroxylation is 2. The number of carbonyl (C=O) groups excluding carboxylic acids is 1. The Kier molecular flexibility index (Phi) is 3.57. The van der Waals surface area contributed by atoms with Crippen LogP contribution in [0.2, 0.25) is 0 Å². The first-order chi connectivity index (χ1) is 10.2. The van der Waals surface area contributed by atoms with Gasteiger partial charge >= 0.3 is 0 Å². The third-order valence-electron chi connectivity index (χ3n) is 4.05. The Labute approximate surface area is 125 Å². The van der Waals surface area contributed by atoms with Crippen molar-refractivity contribution in [2.45, 2.75) is 20.3 Å². The summed E-state index contributed by atoms with van der Waals surface area (Å²) in [7, 11) is 0. The van der Waals surface area contributed by atoms with Crippen LogP contribution in [0, 0.1) is 13.8 Å². The first kappa shape index (κ1) is 13.6. The molecule has 0 bridgehead atoms. The van der Waals surface area contributed by atoms with Gasteiger partial charge in [0.25, 0.3) is 0 Å². The van der Waals surface area contributed by atoms with Gasteiger partial charge in [0.15, 0.2) is 5.78 Å². The molecule has 0 aliphatic carbocycles.